The smallest absolute Gasteiger partial charge is 0.257 e. The Hall–Kier alpha value is -3.13. The number of rotatable bonds is 6. The van der Waals surface area contributed by atoms with Gasteiger partial charge in [-0.25, -0.2) is 0 Å². The minimum absolute atomic E-state index is 0.0232. The maximum Gasteiger partial charge on any atom is 0.257 e. The van der Waals surface area contributed by atoms with Crippen molar-refractivity contribution in [2.45, 2.75) is 18.8 Å². The minimum atomic E-state index is -0.0232. The molecule has 1 fully saturated rings. The lowest BCUT2D eigenvalue weighted by Gasteiger charge is -2.31. The molecule has 1 saturated heterocycles. The van der Waals surface area contributed by atoms with Crippen LogP contribution in [0.1, 0.15) is 34.1 Å². The first kappa shape index (κ1) is 21.1. The minimum Gasteiger partial charge on any atom is -0.497 e. The summed E-state index contributed by atoms with van der Waals surface area (Å²) in [5.41, 5.74) is 1.50. The summed E-state index contributed by atoms with van der Waals surface area (Å²) in [6.07, 6.45) is 1.70. The summed E-state index contributed by atoms with van der Waals surface area (Å²) in [6.45, 7) is 1.34. The summed E-state index contributed by atoms with van der Waals surface area (Å²) >= 11 is 1.60. The fourth-order valence-corrected chi connectivity index (χ4v) is 4.85. The predicted molar refractivity (Wildman–Crippen MR) is 119 cm³/mol. The third-order valence-corrected chi connectivity index (χ3v) is 6.67. The van der Waals surface area contributed by atoms with Crippen LogP contribution in [0.2, 0.25) is 0 Å². The zero-order valence-corrected chi connectivity index (χ0v) is 18.6. The first-order valence-corrected chi connectivity index (χ1v) is 10.9. The monoisotopic (exact) mass is 439 g/mol. The zero-order valence-electron chi connectivity index (χ0n) is 17.8. The summed E-state index contributed by atoms with van der Waals surface area (Å²) in [7, 11) is 4.81. The Balaban J connectivity index is 1.44. The Morgan fingerprint density at radius 3 is 2.42 bits per heavy atom. The predicted octanol–water partition coefficient (Wildman–Crippen LogP) is 4.25. The number of ether oxygens (including phenoxy) is 3. The van der Waals surface area contributed by atoms with E-state index >= 15 is 0 Å². The summed E-state index contributed by atoms with van der Waals surface area (Å²) in [5.74, 6) is 2.25. The largest absolute Gasteiger partial charge is 0.497 e. The summed E-state index contributed by atoms with van der Waals surface area (Å²) in [4.78, 5) is 14.9. The van der Waals surface area contributed by atoms with Crippen LogP contribution >= 0.6 is 11.3 Å². The van der Waals surface area contributed by atoms with Crippen LogP contribution < -0.4 is 14.2 Å². The van der Waals surface area contributed by atoms with Crippen molar-refractivity contribution in [3.63, 3.8) is 0 Å². The number of hydrogen-bond acceptors (Lipinski definition) is 7. The molecule has 1 amide bonds. The molecule has 1 aliphatic heterocycles. The lowest BCUT2D eigenvalue weighted by molar-refractivity contribution is 0.0709. The molecule has 0 unspecified atom stereocenters. The van der Waals surface area contributed by atoms with Gasteiger partial charge in [-0.3, -0.25) is 4.79 Å². The topological polar surface area (TPSA) is 73.8 Å². The van der Waals surface area contributed by atoms with Crippen molar-refractivity contribution in [1.82, 2.24) is 15.1 Å². The quantitative estimate of drug-likeness (QED) is 0.572. The average molecular weight is 440 g/mol. The lowest BCUT2D eigenvalue weighted by atomic mass is 9.97. The van der Waals surface area contributed by atoms with Crippen LogP contribution in [0.5, 0.6) is 17.2 Å². The van der Waals surface area contributed by atoms with E-state index in [-0.39, 0.29) is 5.91 Å². The normalized spacial score (nSPS) is 14.4. The van der Waals surface area contributed by atoms with Crippen LogP contribution in [-0.2, 0) is 0 Å². The second-order valence-corrected chi connectivity index (χ2v) is 8.29. The highest BCUT2D eigenvalue weighted by Gasteiger charge is 2.28. The molecule has 8 heteroatoms. The first-order valence-electron chi connectivity index (χ1n) is 10.1. The highest BCUT2D eigenvalue weighted by Crippen LogP contribution is 2.37. The molecule has 0 atom stereocenters. The summed E-state index contributed by atoms with van der Waals surface area (Å²) < 4.78 is 16.1. The van der Waals surface area contributed by atoms with E-state index < -0.39 is 0 Å². The van der Waals surface area contributed by atoms with Gasteiger partial charge in [0.2, 0.25) is 0 Å². The van der Waals surface area contributed by atoms with Crippen LogP contribution in [0.3, 0.4) is 0 Å². The number of likely N-dealkylation sites (tertiary alicyclic amines) is 1. The van der Waals surface area contributed by atoms with Crippen molar-refractivity contribution in [1.29, 1.82) is 0 Å². The molecule has 0 saturated carbocycles. The van der Waals surface area contributed by atoms with E-state index in [0.29, 0.717) is 36.1 Å². The molecule has 0 radical (unpaired) electrons. The van der Waals surface area contributed by atoms with Gasteiger partial charge in [0.1, 0.15) is 22.3 Å². The van der Waals surface area contributed by atoms with Gasteiger partial charge in [0, 0.05) is 25.1 Å². The van der Waals surface area contributed by atoms with E-state index in [0.717, 1.165) is 34.2 Å². The van der Waals surface area contributed by atoms with E-state index in [1.807, 2.05) is 29.2 Å². The Kier molecular flexibility index (Phi) is 6.36. The van der Waals surface area contributed by atoms with Crippen LogP contribution in [0.4, 0.5) is 0 Å². The zero-order chi connectivity index (χ0) is 21.8. The van der Waals surface area contributed by atoms with Crippen molar-refractivity contribution in [3.8, 4) is 27.8 Å². The van der Waals surface area contributed by atoms with E-state index in [2.05, 4.69) is 10.2 Å². The van der Waals surface area contributed by atoms with Gasteiger partial charge in [-0.15, -0.1) is 10.2 Å². The molecule has 7 nitrogen and oxygen atoms in total. The van der Waals surface area contributed by atoms with Crippen molar-refractivity contribution in [3.05, 3.63) is 53.0 Å². The third-order valence-electron chi connectivity index (χ3n) is 5.55. The molecule has 0 aliphatic carbocycles. The highest BCUT2D eigenvalue weighted by molar-refractivity contribution is 7.14. The molecule has 2 aromatic carbocycles. The first-order chi connectivity index (χ1) is 15.1. The lowest BCUT2D eigenvalue weighted by Crippen LogP contribution is -2.38. The molecule has 31 heavy (non-hydrogen) atoms. The molecule has 1 aromatic heterocycles. The molecular weight excluding hydrogens is 414 g/mol. The number of hydrogen-bond donors (Lipinski definition) is 0. The van der Waals surface area contributed by atoms with Crippen molar-refractivity contribution in [2.24, 2.45) is 0 Å². The van der Waals surface area contributed by atoms with Crippen molar-refractivity contribution >= 4 is 17.2 Å². The molecule has 0 bridgehead atoms. The number of piperidine rings is 1. The Morgan fingerprint density at radius 2 is 1.71 bits per heavy atom. The van der Waals surface area contributed by atoms with Gasteiger partial charge in [-0.1, -0.05) is 23.5 Å². The van der Waals surface area contributed by atoms with Crippen LogP contribution in [-0.4, -0.2) is 55.4 Å². The number of nitrogens with zero attached hydrogens (tertiary/aromatic N) is 3. The number of aromatic nitrogens is 2. The average Bonchev–Trinajstić information content (AvgIpc) is 3.33. The van der Waals surface area contributed by atoms with Crippen LogP contribution in [0.25, 0.3) is 10.6 Å². The fourth-order valence-electron chi connectivity index (χ4n) is 3.80. The van der Waals surface area contributed by atoms with Gasteiger partial charge in [0.15, 0.2) is 5.01 Å². The number of carbonyl (C=O) groups excluding carboxylic acids is 1. The van der Waals surface area contributed by atoms with E-state index in [4.69, 9.17) is 14.2 Å². The van der Waals surface area contributed by atoms with E-state index in [1.165, 1.54) is 0 Å². The number of para-hydroxylation sites is 1. The van der Waals surface area contributed by atoms with Gasteiger partial charge < -0.3 is 19.1 Å². The Morgan fingerprint density at radius 1 is 0.968 bits per heavy atom. The maximum atomic E-state index is 13.0. The number of carbonyl (C=O) groups is 1. The second-order valence-electron chi connectivity index (χ2n) is 7.28. The van der Waals surface area contributed by atoms with Gasteiger partial charge >= 0.3 is 0 Å². The third kappa shape index (κ3) is 4.34. The van der Waals surface area contributed by atoms with E-state index in [9.17, 15) is 4.79 Å². The molecule has 3 aromatic rings. The number of amides is 1. The highest BCUT2D eigenvalue weighted by atomic mass is 32.1. The number of methoxy groups -OCH3 is 3. The van der Waals surface area contributed by atoms with Crippen molar-refractivity contribution < 1.29 is 19.0 Å². The summed E-state index contributed by atoms with van der Waals surface area (Å²) in [5, 5.41) is 10.7. The van der Waals surface area contributed by atoms with Gasteiger partial charge in [-0.2, -0.15) is 0 Å². The standard InChI is InChI=1S/C23H25N3O4S/c1-28-16-8-9-18(20(14-16)30-3)23(27)26-12-10-15(11-13-26)21-24-25-22(31-21)17-6-4-5-7-19(17)29-2/h4-9,14-15H,10-13H2,1-3H3. The Labute approximate surface area is 185 Å². The second kappa shape index (κ2) is 9.34. The molecule has 2 heterocycles. The molecule has 0 spiro atoms. The van der Waals surface area contributed by atoms with E-state index in [1.54, 1.807) is 50.9 Å². The molecular formula is C23H25N3O4S. The van der Waals surface area contributed by atoms with Gasteiger partial charge in [0.05, 0.1) is 32.5 Å². The van der Waals surface area contributed by atoms with Gasteiger partial charge in [-0.05, 0) is 37.1 Å². The van der Waals surface area contributed by atoms with Gasteiger partial charge in [0.25, 0.3) is 5.91 Å². The summed E-state index contributed by atoms with van der Waals surface area (Å²) in [6, 6.07) is 13.1. The van der Waals surface area contributed by atoms with Crippen LogP contribution in [0, 0.1) is 0 Å². The Bertz CT molecular complexity index is 1060. The molecule has 4 rings (SSSR count). The maximum absolute atomic E-state index is 13.0. The molecule has 1 aliphatic rings. The van der Waals surface area contributed by atoms with Crippen molar-refractivity contribution in [2.75, 3.05) is 34.4 Å². The van der Waals surface area contributed by atoms with Crippen LogP contribution in [0.15, 0.2) is 42.5 Å². The fraction of sp³-hybridized carbons (Fsp3) is 0.348. The molecule has 162 valence electrons. The molecule has 0 N–H and O–H groups in total. The SMILES string of the molecule is COc1ccc(C(=O)N2CCC(c3nnc(-c4ccccc4OC)s3)CC2)c(OC)c1. The number of benzene rings is 2.